The first-order chi connectivity index (χ1) is 17.0. The Balaban J connectivity index is 1.38. The number of thiazole rings is 1. The van der Waals surface area contributed by atoms with E-state index in [0.29, 0.717) is 29.9 Å². The molecule has 0 bridgehead atoms. The number of benzene rings is 2. The molecule has 5 rings (SSSR count). The average molecular weight is 485 g/mol. The van der Waals surface area contributed by atoms with Crippen molar-refractivity contribution in [1.29, 1.82) is 0 Å². The zero-order chi connectivity index (χ0) is 24.4. The highest BCUT2D eigenvalue weighted by Gasteiger charge is 2.35. The van der Waals surface area contributed by atoms with Crippen LogP contribution in [-0.2, 0) is 0 Å². The quantitative estimate of drug-likeness (QED) is 0.415. The van der Waals surface area contributed by atoms with E-state index in [2.05, 4.69) is 22.2 Å². The molecule has 3 heterocycles. The fourth-order valence-electron chi connectivity index (χ4n) is 4.89. The minimum atomic E-state index is -0.172. The molecule has 2 aromatic carbocycles. The standard InChI is InChI=1S/C28H28N4O2S/c1-18-9-8-16-32(28(34)25-26(35-19(2)31-25)21-10-4-3-5-11-21)23(18)17-30-27(33)22-14-6-12-20-13-7-15-29-24(20)22/h3-7,10-15,18,23H,8-9,16-17H2,1-2H3,(H,30,33)/t18-,23-/m0/s1. The molecule has 7 heteroatoms. The maximum Gasteiger partial charge on any atom is 0.274 e. The van der Waals surface area contributed by atoms with Crippen LogP contribution in [0.5, 0.6) is 0 Å². The largest absolute Gasteiger partial charge is 0.350 e. The summed E-state index contributed by atoms with van der Waals surface area (Å²) in [5.41, 5.74) is 2.73. The Labute approximate surface area is 209 Å². The molecular formula is C28H28N4O2S. The van der Waals surface area contributed by atoms with Gasteiger partial charge in [-0.1, -0.05) is 55.5 Å². The number of aryl methyl sites for hydroxylation is 1. The van der Waals surface area contributed by atoms with E-state index in [1.165, 1.54) is 0 Å². The molecule has 0 radical (unpaired) electrons. The number of aromatic nitrogens is 2. The van der Waals surface area contributed by atoms with Crippen LogP contribution in [0.3, 0.4) is 0 Å². The summed E-state index contributed by atoms with van der Waals surface area (Å²) < 4.78 is 0. The van der Waals surface area contributed by atoms with Gasteiger partial charge in [0.05, 0.1) is 27.0 Å². The highest BCUT2D eigenvalue weighted by Crippen LogP contribution is 2.33. The monoisotopic (exact) mass is 484 g/mol. The molecule has 1 fully saturated rings. The van der Waals surface area contributed by atoms with Crippen molar-refractivity contribution >= 4 is 34.1 Å². The van der Waals surface area contributed by atoms with Gasteiger partial charge >= 0.3 is 0 Å². The van der Waals surface area contributed by atoms with Crippen LogP contribution >= 0.6 is 11.3 Å². The smallest absolute Gasteiger partial charge is 0.274 e. The van der Waals surface area contributed by atoms with Gasteiger partial charge in [-0.25, -0.2) is 4.98 Å². The van der Waals surface area contributed by atoms with Gasteiger partial charge in [0.2, 0.25) is 0 Å². The molecule has 2 amide bonds. The van der Waals surface area contributed by atoms with Crippen molar-refractivity contribution < 1.29 is 9.59 Å². The van der Waals surface area contributed by atoms with Gasteiger partial charge in [0.1, 0.15) is 5.69 Å². The van der Waals surface area contributed by atoms with Crippen molar-refractivity contribution in [2.75, 3.05) is 13.1 Å². The number of nitrogens with one attached hydrogen (secondary N) is 1. The van der Waals surface area contributed by atoms with Gasteiger partial charge in [-0.2, -0.15) is 0 Å². The topological polar surface area (TPSA) is 75.2 Å². The van der Waals surface area contributed by atoms with Crippen LogP contribution in [0.15, 0.2) is 66.9 Å². The van der Waals surface area contributed by atoms with Crippen LogP contribution in [0.25, 0.3) is 21.3 Å². The molecule has 2 atom stereocenters. The van der Waals surface area contributed by atoms with E-state index in [0.717, 1.165) is 33.7 Å². The molecule has 0 saturated carbocycles. The van der Waals surface area contributed by atoms with Crippen molar-refractivity contribution in [3.05, 3.63) is 83.1 Å². The Bertz CT molecular complexity index is 1360. The molecule has 178 valence electrons. The highest BCUT2D eigenvalue weighted by atomic mass is 32.1. The van der Waals surface area contributed by atoms with Crippen LogP contribution < -0.4 is 5.32 Å². The lowest BCUT2D eigenvalue weighted by molar-refractivity contribution is 0.0503. The summed E-state index contributed by atoms with van der Waals surface area (Å²) in [4.78, 5) is 38.8. The van der Waals surface area contributed by atoms with Crippen molar-refractivity contribution in [2.45, 2.75) is 32.7 Å². The van der Waals surface area contributed by atoms with E-state index in [1.807, 2.05) is 66.4 Å². The van der Waals surface area contributed by atoms with E-state index in [4.69, 9.17) is 0 Å². The molecule has 4 aromatic rings. The number of fused-ring (bicyclic) bond motifs is 1. The predicted molar refractivity (Wildman–Crippen MR) is 140 cm³/mol. The van der Waals surface area contributed by atoms with Crippen molar-refractivity contribution in [3.8, 4) is 10.4 Å². The summed E-state index contributed by atoms with van der Waals surface area (Å²) in [5.74, 6) is 0.0262. The van der Waals surface area contributed by atoms with E-state index in [9.17, 15) is 9.59 Å². The van der Waals surface area contributed by atoms with Crippen LogP contribution in [0.4, 0.5) is 0 Å². The number of hydrogen-bond acceptors (Lipinski definition) is 5. The van der Waals surface area contributed by atoms with Gasteiger partial charge in [-0.3, -0.25) is 14.6 Å². The predicted octanol–water partition coefficient (Wildman–Crippen LogP) is 5.34. The number of piperidine rings is 1. The first-order valence-electron chi connectivity index (χ1n) is 12.0. The first-order valence-corrected chi connectivity index (χ1v) is 12.8. The molecule has 35 heavy (non-hydrogen) atoms. The van der Waals surface area contributed by atoms with E-state index >= 15 is 0 Å². The molecule has 1 aliphatic rings. The van der Waals surface area contributed by atoms with Crippen molar-refractivity contribution in [3.63, 3.8) is 0 Å². The number of carbonyl (C=O) groups is 2. The lowest BCUT2D eigenvalue weighted by atomic mass is 9.90. The number of pyridine rings is 1. The fourth-order valence-corrected chi connectivity index (χ4v) is 5.80. The second-order valence-electron chi connectivity index (χ2n) is 9.05. The van der Waals surface area contributed by atoms with Gasteiger partial charge in [0.15, 0.2) is 0 Å². The lowest BCUT2D eigenvalue weighted by Gasteiger charge is -2.40. The highest BCUT2D eigenvalue weighted by molar-refractivity contribution is 7.15. The zero-order valence-electron chi connectivity index (χ0n) is 19.9. The summed E-state index contributed by atoms with van der Waals surface area (Å²) in [7, 11) is 0. The molecule has 0 spiro atoms. The third-order valence-electron chi connectivity index (χ3n) is 6.70. The minimum absolute atomic E-state index is 0.0640. The zero-order valence-corrected chi connectivity index (χ0v) is 20.7. The number of para-hydroxylation sites is 1. The number of amides is 2. The number of carbonyl (C=O) groups excluding carboxylic acids is 2. The normalized spacial score (nSPS) is 17.9. The third-order valence-corrected chi connectivity index (χ3v) is 7.72. The lowest BCUT2D eigenvalue weighted by Crippen LogP contribution is -2.53. The van der Waals surface area contributed by atoms with Crippen LogP contribution in [0.2, 0.25) is 0 Å². The Morgan fingerprint density at radius 2 is 1.89 bits per heavy atom. The third kappa shape index (κ3) is 4.68. The minimum Gasteiger partial charge on any atom is -0.350 e. The van der Waals surface area contributed by atoms with Crippen LogP contribution in [-0.4, -0.2) is 45.8 Å². The number of nitrogens with zero attached hydrogens (tertiary/aromatic N) is 3. The molecule has 1 N–H and O–H groups in total. The summed E-state index contributed by atoms with van der Waals surface area (Å²) in [5, 5.41) is 4.88. The van der Waals surface area contributed by atoms with Crippen LogP contribution in [0, 0.1) is 12.8 Å². The Morgan fingerprint density at radius 1 is 1.09 bits per heavy atom. The molecular weight excluding hydrogens is 456 g/mol. The average Bonchev–Trinajstić information content (AvgIpc) is 3.29. The molecule has 1 aliphatic heterocycles. The van der Waals surface area contributed by atoms with Crippen molar-refractivity contribution in [2.24, 2.45) is 5.92 Å². The summed E-state index contributed by atoms with van der Waals surface area (Å²) in [6.07, 6.45) is 3.65. The maximum atomic E-state index is 13.8. The maximum absolute atomic E-state index is 13.8. The van der Waals surface area contributed by atoms with E-state index in [1.54, 1.807) is 23.6 Å². The molecule has 1 saturated heterocycles. The van der Waals surface area contributed by atoms with E-state index in [-0.39, 0.29) is 23.8 Å². The number of rotatable bonds is 5. The Morgan fingerprint density at radius 3 is 2.71 bits per heavy atom. The van der Waals surface area contributed by atoms with Gasteiger partial charge in [-0.05, 0) is 43.4 Å². The molecule has 6 nitrogen and oxygen atoms in total. The van der Waals surface area contributed by atoms with Crippen LogP contribution in [0.1, 0.15) is 45.6 Å². The first kappa shape index (κ1) is 23.2. The fraction of sp³-hybridized carbons (Fsp3) is 0.286. The summed E-state index contributed by atoms with van der Waals surface area (Å²) in [6, 6.07) is 19.3. The number of hydrogen-bond donors (Lipinski definition) is 1. The Hall–Kier alpha value is -3.58. The van der Waals surface area contributed by atoms with E-state index < -0.39 is 0 Å². The Kier molecular flexibility index (Phi) is 6.59. The van der Waals surface area contributed by atoms with Gasteiger partial charge in [-0.15, -0.1) is 11.3 Å². The van der Waals surface area contributed by atoms with Gasteiger partial charge in [0, 0.05) is 24.7 Å². The SMILES string of the molecule is Cc1nc(C(=O)N2CCC[C@H](C)[C@@H]2CNC(=O)c2cccc3cccnc23)c(-c2ccccc2)s1. The second kappa shape index (κ2) is 9.96. The second-order valence-corrected chi connectivity index (χ2v) is 10.3. The molecule has 0 unspecified atom stereocenters. The number of likely N-dealkylation sites (tertiary alicyclic amines) is 1. The summed E-state index contributed by atoms with van der Waals surface area (Å²) >= 11 is 1.54. The summed E-state index contributed by atoms with van der Waals surface area (Å²) in [6.45, 7) is 5.13. The molecule has 0 aliphatic carbocycles. The van der Waals surface area contributed by atoms with Gasteiger partial charge < -0.3 is 10.2 Å². The van der Waals surface area contributed by atoms with Crippen molar-refractivity contribution in [1.82, 2.24) is 20.2 Å². The molecule has 2 aromatic heterocycles. The van der Waals surface area contributed by atoms with Gasteiger partial charge in [0.25, 0.3) is 11.8 Å².